The lowest BCUT2D eigenvalue weighted by Crippen LogP contribution is -2.61. The molecule has 7 atom stereocenters. The Morgan fingerprint density at radius 3 is 2.56 bits per heavy atom. The van der Waals surface area contributed by atoms with E-state index in [9.17, 15) is 38.2 Å². The summed E-state index contributed by atoms with van der Waals surface area (Å²) in [6, 6.07) is 3.14. The van der Waals surface area contributed by atoms with Crippen molar-refractivity contribution >= 4 is 16.1 Å². The second-order valence-corrected chi connectivity index (χ2v) is 10.7. The van der Waals surface area contributed by atoms with Crippen molar-refractivity contribution in [2.45, 2.75) is 80.7 Å². The van der Waals surface area contributed by atoms with E-state index in [-0.39, 0.29) is 17.7 Å². The van der Waals surface area contributed by atoms with Crippen LogP contribution in [-0.4, -0.2) is 94.1 Å². The van der Waals surface area contributed by atoms with Crippen LogP contribution in [0, 0.1) is 5.92 Å². The van der Waals surface area contributed by atoms with Gasteiger partial charge < -0.3 is 29.9 Å². The van der Waals surface area contributed by atoms with Gasteiger partial charge >= 0.3 is 5.97 Å². The zero-order valence-corrected chi connectivity index (χ0v) is 19.6. The van der Waals surface area contributed by atoms with Crippen LogP contribution in [0.1, 0.15) is 37.3 Å². The highest BCUT2D eigenvalue weighted by molar-refractivity contribution is 7.86. The number of ether oxygens (including phenoxy) is 2. The Hall–Kier alpha value is -1.80. The Kier molecular flexibility index (Phi) is 7.21. The number of aliphatic carboxylic acids is 1. The minimum absolute atomic E-state index is 0.225. The molecule has 12 heteroatoms. The van der Waals surface area contributed by atoms with Gasteiger partial charge in [0.15, 0.2) is 6.10 Å². The predicted octanol–water partition coefficient (Wildman–Crippen LogP) is -0.206. The number of hydrogen-bond donors (Lipinski definition) is 5. The first-order valence-electron chi connectivity index (χ1n) is 11.5. The summed E-state index contributed by atoms with van der Waals surface area (Å²) < 4.78 is 45.1. The molecular weight excluding hydrogens is 470 g/mol. The molecule has 0 aromatic heterocycles. The van der Waals surface area contributed by atoms with Gasteiger partial charge in [-0.2, -0.15) is 8.42 Å². The molecule has 0 amide bonds. The number of carboxylic acid groups (broad SMARTS) is 1. The first-order chi connectivity index (χ1) is 16.0. The van der Waals surface area contributed by atoms with Crippen LogP contribution in [0.4, 0.5) is 0 Å². The highest BCUT2D eigenvalue weighted by atomic mass is 32.2. The summed E-state index contributed by atoms with van der Waals surface area (Å²) >= 11 is 0. The van der Waals surface area contributed by atoms with Crippen molar-refractivity contribution in [3.63, 3.8) is 0 Å². The molecular formula is C22H31NO10S. The topological polar surface area (TPSA) is 174 Å². The Morgan fingerprint density at radius 1 is 1.18 bits per heavy atom. The predicted molar refractivity (Wildman–Crippen MR) is 117 cm³/mol. The standard InChI is InChI=1S/C22H31NO10S/c1-2-7-23-8-3-4-12-9-13-11(10-14(12)23)5-6-15(34(29,30)31)19(13)32-22-18(26)16(24)17(25)20(33-22)21(27)28/h5-6,12,14,16-18,20,22,24-26H,2-4,7-10H2,1H3,(H,27,28)(H,29,30,31)/t12-,14-,16+,17+,18-,20+,22-/m1/s1. The van der Waals surface area contributed by atoms with Crippen LogP contribution >= 0.6 is 0 Å². The number of fused-ring (bicyclic) bond motifs is 2. The molecule has 1 aliphatic carbocycles. The van der Waals surface area contributed by atoms with Crippen LogP contribution < -0.4 is 4.74 Å². The van der Waals surface area contributed by atoms with E-state index in [0.29, 0.717) is 18.4 Å². The van der Waals surface area contributed by atoms with E-state index < -0.39 is 51.7 Å². The molecule has 4 rings (SSSR count). The number of rotatable bonds is 6. The van der Waals surface area contributed by atoms with Gasteiger partial charge in [-0.15, -0.1) is 0 Å². The molecule has 11 nitrogen and oxygen atoms in total. The summed E-state index contributed by atoms with van der Waals surface area (Å²) in [4.78, 5) is 13.4. The lowest BCUT2D eigenvalue weighted by atomic mass is 9.75. The molecule has 34 heavy (non-hydrogen) atoms. The highest BCUT2D eigenvalue weighted by Gasteiger charge is 2.49. The quantitative estimate of drug-likeness (QED) is 0.326. The molecule has 5 N–H and O–H groups in total. The molecule has 0 spiro atoms. The number of benzene rings is 1. The second-order valence-electron chi connectivity index (χ2n) is 9.27. The average molecular weight is 502 g/mol. The number of nitrogens with zero attached hydrogens (tertiary/aromatic N) is 1. The van der Waals surface area contributed by atoms with Gasteiger partial charge in [0.25, 0.3) is 10.1 Å². The monoisotopic (exact) mass is 501 g/mol. The van der Waals surface area contributed by atoms with Crippen LogP contribution in [0.5, 0.6) is 5.75 Å². The molecule has 0 bridgehead atoms. The average Bonchev–Trinajstić information content (AvgIpc) is 2.77. The lowest BCUT2D eigenvalue weighted by Gasteiger charge is -2.45. The maximum atomic E-state index is 12.2. The summed E-state index contributed by atoms with van der Waals surface area (Å²) in [6.07, 6.45) is -5.29. The van der Waals surface area contributed by atoms with Gasteiger partial charge in [0, 0.05) is 6.04 Å². The second kappa shape index (κ2) is 9.69. The van der Waals surface area contributed by atoms with E-state index in [1.165, 1.54) is 6.07 Å². The fraction of sp³-hybridized carbons (Fsp3) is 0.682. The highest BCUT2D eigenvalue weighted by Crippen LogP contribution is 2.42. The minimum atomic E-state index is -4.74. The molecule has 0 unspecified atom stereocenters. The van der Waals surface area contributed by atoms with Gasteiger partial charge in [0.1, 0.15) is 29.0 Å². The van der Waals surface area contributed by atoms with Crippen molar-refractivity contribution in [3.05, 3.63) is 23.3 Å². The molecule has 2 heterocycles. The van der Waals surface area contributed by atoms with Gasteiger partial charge in [0.05, 0.1) is 0 Å². The zero-order chi connectivity index (χ0) is 24.8. The number of likely N-dealkylation sites (tertiary alicyclic amines) is 1. The zero-order valence-electron chi connectivity index (χ0n) is 18.8. The maximum Gasteiger partial charge on any atom is 0.335 e. The van der Waals surface area contributed by atoms with E-state index in [2.05, 4.69) is 11.8 Å². The molecule has 1 aromatic rings. The molecule has 190 valence electrons. The van der Waals surface area contributed by atoms with Crippen molar-refractivity contribution < 1.29 is 47.7 Å². The van der Waals surface area contributed by atoms with E-state index in [1.54, 1.807) is 6.07 Å². The third-order valence-corrected chi connectivity index (χ3v) is 7.96. The van der Waals surface area contributed by atoms with Crippen LogP contribution in [0.2, 0.25) is 0 Å². The first kappa shape index (κ1) is 25.3. The molecule has 2 saturated heterocycles. The maximum absolute atomic E-state index is 12.2. The van der Waals surface area contributed by atoms with E-state index in [0.717, 1.165) is 37.9 Å². The largest absolute Gasteiger partial charge is 0.479 e. The van der Waals surface area contributed by atoms with Gasteiger partial charge in [-0.1, -0.05) is 13.0 Å². The summed E-state index contributed by atoms with van der Waals surface area (Å²) in [6.45, 7) is 4.08. The van der Waals surface area contributed by atoms with Gasteiger partial charge in [-0.05, 0) is 68.3 Å². The van der Waals surface area contributed by atoms with Crippen molar-refractivity contribution in [2.24, 2.45) is 5.92 Å². The van der Waals surface area contributed by atoms with Crippen LogP contribution in [0.25, 0.3) is 0 Å². The SMILES string of the molecule is CCCN1CCC[C@@H]2Cc3c(ccc(S(=O)(=O)O)c3O[C@@H]3O[C@H](C(=O)O)[C@@H](O)[C@H](O)[C@H]3O)C[C@H]21. The molecule has 0 saturated carbocycles. The van der Waals surface area contributed by atoms with E-state index in [4.69, 9.17) is 9.47 Å². The van der Waals surface area contributed by atoms with Crippen LogP contribution in [-0.2, 0) is 32.5 Å². The Labute approximate surface area is 197 Å². The number of hydrogen-bond acceptors (Lipinski definition) is 9. The Bertz CT molecular complexity index is 1030. The Balaban J connectivity index is 1.72. The fourth-order valence-electron chi connectivity index (χ4n) is 5.46. The molecule has 0 radical (unpaired) electrons. The number of aliphatic hydroxyl groups is 3. The molecule has 2 aliphatic heterocycles. The fourth-order valence-corrected chi connectivity index (χ4v) is 6.10. The smallest absolute Gasteiger partial charge is 0.335 e. The summed E-state index contributed by atoms with van der Waals surface area (Å²) in [5, 5.41) is 39.7. The third kappa shape index (κ3) is 4.68. The van der Waals surface area contributed by atoms with Gasteiger partial charge in [-0.25, -0.2) is 4.79 Å². The number of carbonyl (C=O) groups is 1. The van der Waals surface area contributed by atoms with Crippen molar-refractivity contribution in [1.29, 1.82) is 0 Å². The third-order valence-electron chi connectivity index (χ3n) is 7.09. The molecule has 2 fully saturated rings. The van der Waals surface area contributed by atoms with Gasteiger partial charge in [-0.3, -0.25) is 9.45 Å². The summed E-state index contributed by atoms with van der Waals surface area (Å²) in [5.74, 6) is -1.59. The molecule has 1 aromatic carbocycles. The summed E-state index contributed by atoms with van der Waals surface area (Å²) in [7, 11) is -4.74. The molecule has 3 aliphatic rings. The van der Waals surface area contributed by atoms with E-state index >= 15 is 0 Å². The van der Waals surface area contributed by atoms with Crippen molar-refractivity contribution in [1.82, 2.24) is 4.90 Å². The van der Waals surface area contributed by atoms with Crippen molar-refractivity contribution in [3.8, 4) is 5.75 Å². The summed E-state index contributed by atoms with van der Waals surface area (Å²) in [5.41, 5.74) is 1.37. The number of aliphatic hydroxyl groups excluding tert-OH is 3. The normalized spacial score (nSPS) is 34.2. The first-order valence-corrected chi connectivity index (χ1v) is 12.9. The van der Waals surface area contributed by atoms with Gasteiger partial charge in [0.2, 0.25) is 6.29 Å². The van der Waals surface area contributed by atoms with Crippen LogP contribution in [0.3, 0.4) is 0 Å². The Morgan fingerprint density at radius 2 is 1.91 bits per heavy atom. The lowest BCUT2D eigenvalue weighted by molar-refractivity contribution is -0.271. The number of piperidine rings is 1. The minimum Gasteiger partial charge on any atom is -0.479 e. The van der Waals surface area contributed by atoms with Crippen LogP contribution in [0.15, 0.2) is 17.0 Å². The van der Waals surface area contributed by atoms with Crippen molar-refractivity contribution in [2.75, 3.05) is 13.1 Å². The number of carboxylic acids is 1. The van der Waals surface area contributed by atoms with E-state index in [1.807, 2.05) is 0 Å².